The summed E-state index contributed by atoms with van der Waals surface area (Å²) in [6, 6.07) is 2.36. The fourth-order valence-corrected chi connectivity index (χ4v) is 3.90. The molecule has 0 radical (unpaired) electrons. The molecule has 0 spiro atoms. The highest BCUT2D eigenvalue weighted by atomic mass is 32.1. The van der Waals surface area contributed by atoms with E-state index in [-0.39, 0.29) is 11.9 Å². The molecule has 24 heavy (non-hydrogen) atoms. The van der Waals surface area contributed by atoms with Crippen molar-refractivity contribution in [2.45, 2.75) is 33.0 Å². The maximum absolute atomic E-state index is 12.2. The highest BCUT2D eigenvalue weighted by molar-refractivity contribution is 7.10. The number of hydrogen-bond donors (Lipinski definition) is 1. The number of aromatic nitrogens is 2. The molecule has 1 aliphatic heterocycles. The van der Waals surface area contributed by atoms with Crippen LogP contribution in [0.15, 0.2) is 17.6 Å². The summed E-state index contributed by atoms with van der Waals surface area (Å²) in [4.78, 5) is 20.6. The number of aryl methyl sites for hydroxylation is 1. The Labute approximate surface area is 146 Å². The topological polar surface area (TPSA) is 59.4 Å². The minimum Gasteiger partial charge on any atom is -0.383 e. The molecular weight excluding hydrogens is 324 g/mol. The number of amides is 1. The van der Waals surface area contributed by atoms with Gasteiger partial charge >= 0.3 is 0 Å². The monoisotopic (exact) mass is 348 g/mol. The molecule has 1 atom stereocenters. The number of fused-ring (bicyclic) bond motifs is 1. The molecular formula is C17H24N4O2S. The standard InChI is InChI=1S/C17H24N4O2S/c1-12-4-9-24-15(12)11-20-6-7-21-10-14(19-16(21)13(20)2)17(22)18-5-8-23-3/h4,9-10,13H,5-8,11H2,1-3H3,(H,18,22). The Kier molecular flexibility index (Phi) is 5.33. The maximum Gasteiger partial charge on any atom is 0.271 e. The second-order valence-electron chi connectivity index (χ2n) is 6.10. The number of carbonyl (C=O) groups excluding carboxylic acids is 1. The van der Waals surface area contributed by atoms with Crippen LogP contribution in [0.25, 0.3) is 0 Å². The molecule has 7 heteroatoms. The number of imidazole rings is 1. The van der Waals surface area contributed by atoms with Crippen molar-refractivity contribution in [3.05, 3.63) is 39.6 Å². The molecule has 0 saturated heterocycles. The summed E-state index contributed by atoms with van der Waals surface area (Å²) in [6.45, 7) is 8.08. The molecule has 130 valence electrons. The van der Waals surface area contributed by atoms with Gasteiger partial charge in [-0.3, -0.25) is 9.69 Å². The second kappa shape index (κ2) is 7.46. The van der Waals surface area contributed by atoms with E-state index in [1.165, 1.54) is 10.4 Å². The second-order valence-corrected chi connectivity index (χ2v) is 7.10. The molecule has 0 bridgehead atoms. The van der Waals surface area contributed by atoms with Gasteiger partial charge in [-0.25, -0.2) is 4.98 Å². The van der Waals surface area contributed by atoms with Crippen LogP contribution in [0.3, 0.4) is 0 Å². The van der Waals surface area contributed by atoms with Gasteiger partial charge in [0.15, 0.2) is 0 Å². The van der Waals surface area contributed by atoms with Gasteiger partial charge in [0.25, 0.3) is 5.91 Å². The molecule has 0 aliphatic carbocycles. The average molecular weight is 348 g/mol. The molecule has 3 heterocycles. The Morgan fingerprint density at radius 2 is 2.33 bits per heavy atom. The van der Waals surface area contributed by atoms with Crippen LogP contribution in [0, 0.1) is 6.92 Å². The van der Waals surface area contributed by atoms with E-state index < -0.39 is 0 Å². The minimum absolute atomic E-state index is 0.137. The Hall–Kier alpha value is -1.70. The number of methoxy groups -OCH3 is 1. The third-order valence-electron chi connectivity index (χ3n) is 4.50. The molecule has 0 aromatic carbocycles. The summed E-state index contributed by atoms with van der Waals surface area (Å²) in [5, 5.41) is 4.97. The van der Waals surface area contributed by atoms with Crippen molar-refractivity contribution in [1.29, 1.82) is 0 Å². The van der Waals surface area contributed by atoms with Crippen LogP contribution in [-0.4, -0.2) is 47.2 Å². The first kappa shape index (κ1) is 17.1. The molecule has 1 unspecified atom stereocenters. The summed E-state index contributed by atoms with van der Waals surface area (Å²) in [6.07, 6.45) is 1.86. The van der Waals surface area contributed by atoms with Gasteiger partial charge in [0, 0.05) is 44.4 Å². The van der Waals surface area contributed by atoms with Crippen LogP contribution >= 0.6 is 11.3 Å². The summed E-state index contributed by atoms with van der Waals surface area (Å²) >= 11 is 1.80. The van der Waals surface area contributed by atoms with Crippen molar-refractivity contribution in [2.24, 2.45) is 0 Å². The van der Waals surface area contributed by atoms with Crippen molar-refractivity contribution in [3.63, 3.8) is 0 Å². The van der Waals surface area contributed by atoms with E-state index in [0.717, 1.165) is 25.5 Å². The number of rotatable bonds is 6. The largest absolute Gasteiger partial charge is 0.383 e. The lowest BCUT2D eigenvalue weighted by Gasteiger charge is -2.33. The molecule has 2 aromatic rings. The lowest BCUT2D eigenvalue weighted by Crippen LogP contribution is -2.36. The molecule has 0 saturated carbocycles. The highest BCUT2D eigenvalue weighted by Gasteiger charge is 2.27. The van der Waals surface area contributed by atoms with E-state index in [1.54, 1.807) is 18.4 Å². The fraction of sp³-hybridized carbons (Fsp3) is 0.529. The molecule has 1 aliphatic rings. The summed E-state index contributed by atoms with van der Waals surface area (Å²) in [5.74, 6) is 0.828. The highest BCUT2D eigenvalue weighted by Crippen LogP contribution is 2.28. The SMILES string of the molecule is COCCNC(=O)c1cn2c(n1)C(C)N(Cc1sccc1C)CC2. The number of carbonyl (C=O) groups is 1. The maximum atomic E-state index is 12.2. The smallest absolute Gasteiger partial charge is 0.271 e. The van der Waals surface area contributed by atoms with Crippen LogP contribution in [0.1, 0.15) is 39.7 Å². The van der Waals surface area contributed by atoms with Gasteiger partial charge in [0.2, 0.25) is 0 Å². The van der Waals surface area contributed by atoms with E-state index >= 15 is 0 Å². The number of thiophene rings is 1. The van der Waals surface area contributed by atoms with Crippen LogP contribution in [0.2, 0.25) is 0 Å². The third kappa shape index (κ3) is 3.53. The Balaban J connectivity index is 1.70. The van der Waals surface area contributed by atoms with Gasteiger partial charge in [-0.15, -0.1) is 11.3 Å². The summed E-state index contributed by atoms with van der Waals surface area (Å²) in [5.41, 5.74) is 1.83. The van der Waals surface area contributed by atoms with Crippen LogP contribution in [0.5, 0.6) is 0 Å². The van der Waals surface area contributed by atoms with E-state index in [4.69, 9.17) is 4.74 Å². The average Bonchev–Trinajstić information content (AvgIpc) is 3.17. The first-order valence-corrected chi connectivity index (χ1v) is 9.09. The predicted octanol–water partition coefficient (Wildman–Crippen LogP) is 2.21. The molecule has 1 amide bonds. The zero-order valence-corrected chi connectivity index (χ0v) is 15.2. The summed E-state index contributed by atoms with van der Waals surface area (Å²) < 4.78 is 7.06. The van der Waals surface area contributed by atoms with Crippen molar-refractivity contribution in [1.82, 2.24) is 19.8 Å². The predicted molar refractivity (Wildman–Crippen MR) is 94.3 cm³/mol. The van der Waals surface area contributed by atoms with Crippen molar-refractivity contribution in [2.75, 3.05) is 26.8 Å². The van der Waals surface area contributed by atoms with E-state index in [9.17, 15) is 4.79 Å². The van der Waals surface area contributed by atoms with Crippen molar-refractivity contribution < 1.29 is 9.53 Å². The van der Waals surface area contributed by atoms with Crippen LogP contribution in [-0.2, 0) is 17.8 Å². The molecule has 2 aromatic heterocycles. The van der Waals surface area contributed by atoms with Crippen LogP contribution < -0.4 is 5.32 Å². The van der Waals surface area contributed by atoms with Crippen molar-refractivity contribution >= 4 is 17.2 Å². The minimum atomic E-state index is -0.137. The zero-order valence-electron chi connectivity index (χ0n) is 14.4. The van der Waals surface area contributed by atoms with E-state index in [0.29, 0.717) is 18.8 Å². The van der Waals surface area contributed by atoms with Gasteiger partial charge < -0.3 is 14.6 Å². The first-order chi connectivity index (χ1) is 11.6. The lowest BCUT2D eigenvalue weighted by atomic mass is 10.2. The molecule has 3 rings (SSSR count). The summed E-state index contributed by atoms with van der Waals surface area (Å²) in [7, 11) is 1.62. The number of ether oxygens (including phenoxy) is 1. The molecule has 1 N–H and O–H groups in total. The van der Waals surface area contributed by atoms with Gasteiger partial charge in [-0.1, -0.05) is 0 Å². The van der Waals surface area contributed by atoms with Crippen molar-refractivity contribution in [3.8, 4) is 0 Å². The van der Waals surface area contributed by atoms with Gasteiger partial charge in [-0.2, -0.15) is 0 Å². The zero-order chi connectivity index (χ0) is 17.1. The van der Waals surface area contributed by atoms with Gasteiger partial charge in [-0.05, 0) is 30.9 Å². The van der Waals surface area contributed by atoms with Gasteiger partial charge in [0.1, 0.15) is 11.5 Å². The Morgan fingerprint density at radius 3 is 3.04 bits per heavy atom. The third-order valence-corrected chi connectivity index (χ3v) is 5.50. The number of nitrogens with zero attached hydrogens (tertiary/aromatic N) is 3. The molecule has 0 fully saturated rings. The molecule has 6 nitrogen and oxygen atoms in total. The Bertz CT molecular complexity index is 709. The van der Waals surface area contributed by atoms with Gasteiger partial charge in [0.05, 0.1) is 12.6 Å². The first-order valence-electron chi connectivity index (χ1n) is 8.21. The normalized spacial score (nSPS) is 17.7. The van der Waals surface area contributed by atoms with E-state index in [2.05, 4.69) is 45.1 Å². The Morgan fingerprint density at radius 1 is 1.50 bits per heavy atom. The quantitative estimate of drug-likeness (QED) is 0.813. The van der Waals surface area contributed by atoms with Crippen LogP contribution in [0.4, 0.5) is 0 Å². The fourth-order valence-electron chi connectivity index (χ4n) is 2.97. The van der Waals surface area contributed by atoms with E-state index in [1.807, 2.05) is 6.20 Å². The lowest BCUT2D eigenvalue weighted by molar-refractivity contribution is 0.0932. The number of hydrogen-bond acceptors (Lipinski definition) is 5. The number of nitrogens with one attached hydrogen (secondary N) is 1.